The third-order valence-electron chi connectivity index (χ3n) is 4.42. The fourth-order valence-corrected chi connectivity index (χ4v) is 2.61. The number of hydrogen-bond acceptors (Lipinski definition) is 6. The van der Waals surface area contributed by atoms with Gasteiger partial charge >= 0.3 is 5.97 Å². The van der Waals surface area contributed by atoms with E-state index in [1.807, 2.05) is 13.8 Å². The average Bonchev–Trinajstić information content (AvgIpc) is 3.05. The number of carbonyl (C=O) groups excluding carboxylic acids is 2. The van der Waals surface area contributed by atoms with Crippen molar-refractivity contribution in [2.45, 2.75) is 33.5 Å². The van der Waals surface area contributed by atoms with Crippen LogP contribution in [0.4, 0.5) is 10.1 Å². The molecule has 2 aromatic carbocycles. The minimum absolute atomic E-state index is 0.279. The predicted octanol–water partition coefficient (Wildman–Crippen LogP) is 4.19. The third kappa shape index (κ3) is 5.22. The molecule has 0 unspecified atom stereocenters. The van der Waals surface area contributed by atoms with Crippen LogP contribution >= 0.6 is 0 Å². The van der Waals surface area contributed by atoms with Gasteiger partial charge in [0.25, 0.3) is 5.91 Å². The number of ether oxygens (including phenoxy) is 2. The summed E-state index contributed by atoms with van der Waals surface area (Å²) in [6, 6.07) is 11.7. The average molecular weight is 412 g/mol. The molecule has 3 aromatic rings. The van der Waals surface area contributed by atoms with Crippen LogP contribution in [0.1, 0.15) is 34.3 Å². The standard InChI is InChI=1S/C22H21FN2O5/c1-13-20(14(2)30-25-13)12-28-19-10-4-16(5-11-19)22(27)29-15(3)21(26)24-18-8-6-17(23)7-9-18/h4-11,15H,12H2,1-3H3,(H,24,26)/t15-/m1/s1. The molecule has 0 saturated heterocycles. The lowest BCUT2D eigenvalue weighted by Gasteiger charge is -2.14. The summed E-state index contributed by atoms with van der Waals surface area (Å²) >= 11 is 0. The van der Waals surface area contributed by atoms with E-state index in [-0.39, 0.29) is 5.56 Å². The minimum Gasteiger partial charge on any atom is -0.489 e. The van der Waals surface area contributed by atoms with Gasteiger partial charge in [-0.3, -0.25) is 4.79 Å². The number of halogens is 1. The van der Waals surface area contributed by atoms with E-state index in [0.29, 0.717) is 23.8 Å². The van der Waals surface area contributed by atoms with Gasteiger partial charge in [-0.25, -0.2) is 9.18 Å². The van der Waals surface area contributed by atoms with Crippen LogP contribution in [-0.2, 0) is 16.1 Å². The summed E-state index contributed by atoms with van der Waals surface area (Å²) in [5.74, 6) is -0.316. The highest BCUT2D eigenvalue weighted by Gasteiger charge is 2.19. The van der Waals surface area contributed by atoms with E-state index in [0.717, 1.165) is 11.3 Å². The number of aromatic nitrogens is 1. The molecule has 0 aliphatic rings. The Morgan fingerprint density at radius 1 is 1.10 bits per heavy atom. The molecule has 0 fully saturated rings. The summed E-state index contributed by atoms with van der Waals surface area (Å²) in [7, 11) is 0. The molecule has 156 valence electrons. The van der Waals surface area contributed by atoms with Crippen molar-refractivity contribution in [1.29, 1.82) is 0 Å². The molecule has 1 heterocycles. The number of amides is 1. The molecule has 1 N–H and O–H groups in total. The maximum atomic E-state index is 12.9. The Morgan fingerprint density at radius 3 is 2.37 bits per heavy atom. The van der Waals surface area contributed by atoms with Gasteiger partial charge in [0.15, 0.2) is 6.10 Å². The van der Waals surface area contributed by atoms with Crippen LogP contribution in [0.25, 0.3) is 0 Å². The molecule has 1 atom stereocenters. The van der Waals surface area contributed by atoms with E-state index < -0.39 is 23.8 Å². The third-order valence-corrected chi connectivity index (χ3v) is 4.42. The highest BCUT2D eigenvalue weighted by molar-refractivity contribution is 5.97. The zero-order valence-electron chi connectivity index (χ0n) is 16.8. The first kappa shape index (κ1) is 21.0. The lowest BCUT2D eigenvalue weighted by Crippen LogP contribution is -2.30. The first-order valence-corrected chi connectivity index (χ1v) is 9.25. The number of aryl methyl sites for hydroxylation is 2. The van der Waals surface area contributed by atoms with Gasteiger partial charge in [0.1, 0.15) is 23.9 Å². The fraction of sp³-hybridized carbons (Fsp3) is 0.227. The predicted molar refractivity (Wildman–Crippen MR) is 107 cm³/mol. The van der Waals surface area contributed by atoms with Crippen molar-refractivity contribution in [2.24, 2.45) is 0 Å². The molecule has 8 heteroatoms. The number of esters is 1. The Balaban J connectivity index is 1.53. The second-order valence-electron chi connectivity index (χ2n) is 6.66. The number of carbonyl (C=O) groups is 2. The number of nitrogens with one attached hydrogen (secondary N) is 1. The summed E-state index contributed by atoms with van der Waals surface area (Å²) in [6.45, 7) is 5.40. The molecule has 1 aromatic heterocycles. The molecule has 0 aliphatic heterocycles. The zero-order chi connectivity index (χ0) is 21.7. The molecular weight excluding hydrogens is 391 g/mol. The SMILES string of the molecule is Cc1noc(C)c1COc1ccc(C(=O)O[C@H](C)C(=O)Nc2ccc(F)cc2)cc1. The maximum Gasteiger partial charge on any atom is 0.338 e. The second kappa shape index (κ2) is 9.21. The Morgan fingerprint density at radius 2 is 1.77 bits per heavy atom. The molecule has 0 saturated carbocycles. The Hall–Kier alpha value is -3.68. The van der Waals surface area contributed by atoms with Crippen molar-refractivity contribution >= 4 is 17.6 Å². The Labute approximate surface area is 172 Å². The van der Waals surface area contributed by atoms with Gasteiger partial charge in [0.2, 0.25) is 0 Å². The maximum absolute atomic E-state index is 12.9. The number of anilines is 1. The number of nitrogens with zero attached hydrogens (tertiary/aromatic N) is 1. The van der Waals surface area contributed by atoms with Gasteiger partial charge in [-0.1, -0.05) is 5.16 Å². The molecule has 0 aliphatic carbocycles. The van der Waals surface area contributed by atoms with Crippen LogP contribution in [0.15, 0.2) is 53.1 Å². The fourth-order valence-electron chi connectivity index (χ4n) is 2.61. The Bertz CT molecular complexity index is 1010. The lowest BCUT2D eigenvalue weighted by molar-refractivity contribution is -0.123. The normalized spacial score (nSPS) is 11.6. The molecule has 7 nitrogen and oxygen atoms in total. The van der Waals surface area contributed by atoms with Gasteiger partial charge in [-0.15, -0.1) is 0 Å². The van der Waals surface area contributed by atoms with Crippen LogP contribution in [0, 0.1) is 19.7 Å². The lowest BCUT2D eigenvalue weighted by atomic mass is 10.2. The van der Waals surface area contributed by atoms with Gasteiger partial charge in [0, 0.05) is 5.69 Å². The van der Waals surface area contributed by atoms with E-state index in [4.69, 9.17) is 14.0 Å². The van der Waals surface area contributed by atoms with E-state index in [2.05, 4.69) is 10.5 Å². The number of hydrogen-bond donors (Lipinski definition) is 1. The number of benzene rings is 2. The van der Waals surface area contributed by atoms with Crippen molar-refractivity contribution in [1.82, 2.24) is 5.16 Å². The molecule has 0 spiro atoms. The quantitative estimate of drug-likeness (QED) is 0.585. The van der Waals surface area contributed by atoms with Crippen molar-refractivity contribution < 1.29 is 28.0 Å². The van der Waals surface area contributed by atoms with Crippen LogP contribution in [0.5, 0.6) is 5.75 Å². The smallest absolute Gasteiger partial charge is 0.338 e. The summed E-state index contributed by atoms with van der Waals surface area (Å²) in [6.07, 6.45) is -1.03. The van der Waals surface area contributed by atoms with Crippen molar-refractivity contribution in [3.05, 3.63) is 76.9 Å². The first-order valence-electron chi connectivity index (χ1n) is 9.25. The summed E-state index contributed by atoms with van der Waals surface area (Å²) in [4.78, 5) is 24.4. The van der Waals surface area contributed by atoms with Crippen LogP contribution < -0.4 is 10.1 Å². The highest BCUT2D eigenvalue weighted by Crippen LogP contribution is 2.18. The zero-order valence-corrected chi connectivity index (χ0v) is 16.8. The van der Waals surface area contributed by atoms with Gasteiger partial charge in [0.05, 0.1) is 16.8 Å². The second-order valence-corrected chi connectivity index (χ2v) is 6.66. The molecule has 3 rings (SSSR count). The largest absolute Gasteiger partial charge is 0.489 e. The van der Waals surface area contributed by atoms with Gasteiger partial charge in [-0.05, 0) is 69.3 Å². The van der Waals surface area contributed by atoms with Crippen molar-refractivity contribution in [3.63, 3.8) is 0 Å². The van der Waals surface area contributed by atoms with E-state index in [1.165, 1.54) is 31.2 Å². The van der Waals surface area contributed by atoms with Crippen LogP contribution in [0.2, 0.25) is 0 Å². The first-order chi connectivity index (χ1) is 14.3. The number of rotatable bonds is 7. The topological polar surface area (TPSA) is 90.7 Å². The Kier molecular flexibility index (Phi) is 6.46. The molecule has 30 heavy (non-hydrogen) atoms. The van der Waals surface area contributed by atoms with Gasteiger partial charge < -0.3 is 19.3 Å². The molecule has 0 radical (unpaired) electrons. The summed E-state index contributed by atoms with van der Waals surface area (Å²) in [5.41, 5.74) is 2.32. The molecule has 1 amide bonds. The van der Waals surface area contributed by atoms with E-state index >= 15 is 0 Å². The van der Waals surface area contributed by atoms with E-state index in [1.54, 1.807) is 24.3 Å². The summed E-state index contributed by atoms with van der Waals surface area (Å²) in [5, 5.41) is 6.43. The monoisotopic (exact) mass is 412 g/mol. The van der Waals surface area contributed by atoms with Crippen LogP contribution in [0.3, 0.4) is 0 Å². The molecule has 0 bridgehead atoms. The van der Waals surface area contributed by atoms with Crippen molar-refractivity contribution in [2.75, 3.05) is 5.32 Å². The summed E-state index contributed by atoms with van der Waals surface area (Å²) < 4.78 is 28.9. The minimum atomic E-state index is -1.03. The van der Waals surface area contributed by atoms with E-state index in [9.17, 15) is 14.0 Å². The van der Waals surface area contributed by atoms with Crippen LogP contribution in [-0.4, -0.2) is 23.1 Å². The van der Waals surface area contributed by atoms with Crippen molar-refractivity contribution in [3.8, 4) is 5.75 Å². The highest BCUT2D eigenvalue weighted by atomic mass is 19.1. The van der Waals surface area contributed by atoms with Gasteiger partial charge in [-0.2, -0.15) is 0 Å². The molecular formula is C22H21FN2O5.